The molecule has 0 radical (unpaired) electrons. The van der Waals surface area contributed by atoms with Crippen LogP contribution in [0.1, 0.15) is 19.8 Å². The molecule has 0 aliphatic carbocycles. The lowest BCUT2D eigenvalue weighted by Crippen LogP contribution is -2.08. The van der Waals surface area contributed by atoms with Crippen molar-refractivity contribution < 1.29 is 4.74 Å². The molecule has 0 aliphatic rings. The van der Waals surface area contributed by atoms with E-state index in [1.807, 2.05) is 0 Å². The van der Waals surface area contributed by atoms with Gasteiger partial charge >= 0.3 is 0 Å². The second-order valence-corrected chi connectivity index (χ2v) is 3.22. The highest BCUT2D eigenvalue weighted by Gasteiger charge is 1.94. The van der Waals surface area contributed by atoms with E-state index in [-0.39, 0.29) is 0 Å². The van der Waals surface area contributed by atoms with Crippen LogP contribution >= 0.6 is 0 Å². The van der Waals surface area contributed by atoms with Gasteiger partial charge in [-0.1, -0.05) is 6.92 Å². The van der Waals surface area contributed by atoms with Gasteiger partial charge < -0.3 is 15.8 Å². The molecule has 1 heterocycles. The van der Waals surface area contributed by atoms with E-state index in [1.54, 1.807) is 6.20 Å². The van der Waals surface area contributed by atoms with E-state index in [0.29, 0.717) is 11.6 Å². The monoisotopic (exact) mass is 210 g/mol. The molecule has 0 unspecified atom stereocenters. The van der Waals surface area contributed by atoms with Crippen LogP contribution in [0.5, 0.6) is 0 Å². The number of hydrogen-bond acceptors (Lipinski definition) is 5. The summed E-state index contributed by atoms with van der Waals surface area (Å²) >= 11 is 0. The fourth-order valence-corrected chi connectivity index (χ4v) is 1.10. The largest absolute Gasteiger partial charge is 0.382 e. The molecule has 1 aromatic rings. The Morgan fingerprint density at radius 3 is 3.00 bits per heavy atom. The molecular formula is C10H18N4O. The molecule has 84 valence electrons. The summed E-state index contributed by atoms with van der Waals surface area (Å²) in [6, 6.07) is 0. The summed E-state index contributed by atoms with van der Waals surface area (Å²) in [7, 11) is 0. The Hall–Kier alpha value is -1.36. The molecule has 0 aromatic carbocycles. The van der Waals surface area contributed by atoms with Gasteiger partial charge in [-0.3, -0.25) is 4.98 Å². The Morgan fingerprint density at radius 1 is 1.40 bits per heavy atom. The van der Waals surface area contributed by atoms with Crippen LogP contribution < -0.4 is 11.1 Å². The Morgan fingerprint density at radius 2 is 2.27 bits per heavy atom. The third kappa shape index (κ3) is 5.17. The van der Waals surface area contributed by atoms with Gasteiger partial charge in [0.25, 0.3) is 0 Å². The second kappa shape index (κ2) is 7.00. The first-order valence-corrected chi connectivity index (χ1v) is 5.22. The van der Waals surface area contributed by atoms with Gasteiger partial charge in [0.1, 0.15) is 11.6 Å². The number of nitrogens with zero attached hydrogens (tertiary/aromatic N) is 2. The number of ether oxygens (including phenoxy) is 1. The first kappa shape index (κ1) is 11.7. The van der Waals surface area contributed by atoms with E-state index in [1.165, 1.54) is 6.20 Å². The number of anilines is 2. The summed E-state index contributed by atoms with van der Waals surface area (Å²) in [6.07, 6.45) is 5.20. The highest BCUT2D eigenvalue weighted by molar-refractivity contribution is 5.37. The molecule has 1 aromatic heterocycles. The summed E-state index contributed by atoms with van der Waals surface area (Å²) in [5.74, 6) is 1.15. The van der Waals surface area contributed by atoms with Crippen LogP contribution in [-0.2, 0) is 4.74 Å². The van der Waals surface area contributed by atoms with E-state index in [9.17, 15) is 0 Å². The van der Waals surface area contributed by atoms with Gasteiger partial charge in [-0.2, -0.15) is 0 Å². The van der Waals surface area contributed by atoms with E-state index in [4.69, 9.17) is 10.5 Å². The number of hydrogen-bond donors (Lipinski definition) is 2. The van der Waals surface area contributed by atoms with Crippen molar-refractivity contribution in [1.29, 1.82) is 0 Å². The number of nitrogen functional groups attached to an aromatic ring is 1. The molecule has 0 aliphatic heterocycles. The Labute approximate surface area is 90.1 Å². The van der Waals surface area contributed by atoms with E-state index in [0.717, 1.165) is 32.6 Å². The SMILES string of the molecule is CCCOCCCNc1cncc(N)n1. The fraction of sp³-hybridized carbons (Fsp3) is 0.600. The van der Waals surface area contributed by atoms with E-state index in [2.05, 4.69) is 22.2 Å². The summed E-state index contributed by atoms with van der Waals surface area (Å²) in [5, 5.41) is 3.13. The maximum atomic E-state index is 5.49. The highest BCUT2D eigenvalue weighted by atomic mass is 16.5. The van der Waals surface area contributed by atoms with Crippen LogP contribution in [0.3, 0.4) is 0 Å². The molecule has 5 nitrogen and oxygen atoms in total. The quantitative estimate of drug-likeness (QED) is 0.663. The lowest BCUT2D eigenvalue weighted by atomic mass is 10.4. The van der Waals surface area contributed by atoms with Crippen molar-refractivity contribution in [2.75, 3.05) is 30.8 Å². The number of rotatable bonds is 7. The van der Waals surface area contributed by atoms with Crippen molar-refractivity contribution in [3.05, 3.63) is 12.4 Å². The van der Waals surface area contributed by atoms with Crippen LogP contribution in [-0.4, -0.2) is 29.7 Å². The normalized spacial score (nSPS) is 10.2. The van der Waals surface area contributed by atoms with Crippen molar-refractivity contribution in [2.45, 2.75) is 19.8 Å². The number of aromatic nitrogens is 2. The summed E-state index contributed by atoms with van der Waals surface area (Å²) in [4.78, 5) is 8.00. The van der Waals surface area contributed by atoms with Crippen molar-refractivity contribution in [3.8, 4) is 0 Å². The molecule has 0 atom stereocenters. The van der Waals surface area contributed by atoms with E-state index >= 15 is 0 Å². The summed E-state index contributed by atoms with van der Waals surface area (Å²) in [5.41, 5.74) is 5.49. The molecule has 1 rings (SSSR count). The van der Waals surface area contributed by atoms with Crippen molar-refractivity contribution in [2.24, 2.45) is 0 Å². The second-order valence-electron chi connectivity index (χ2n) is 3.22. The molecule has 0 amide bonds. The zero-order valence-corrected chi connectivity index (χ0v) is 9.07. The van der Waals surface area contributed by atoms with Gasteiger partial charge in [-0.25, -0.2) is 4.98 Å². The molecule has 0 spiro atoms. The maximum Gasteiger partial charge on any atom is 0.146 e. The topological polar surface area (TPSA) is 73.1 Å². The van der Waals surface area contributed by atoms with Gasteiger partial charge in [-0.15, -0.1) is 0 Å². The Bertz CT molecular complexity index is 280. The number of nitrogens with one attached hydrogen (secondary N) is 1. The molecule has 0 bridgehead atoms. The predicted octanol–water partition coefficient (Wildman–Crippen LogP) is 1.29. The molecule has 0 saturated heterocycles. The van der Waals surface area contributed by atoms with Crippen LogP contribution in [0, 0.1) is 0 Å². The van der Waals surface area contributed by atoms with Crippen LogP contribution in [0.2, 0.25) is 0 Å². The minimum atomic E-state index is 0.433. The van der Waals surface area contributed by atoms with Gasteiger partial charge in [-0.05, 0) is 12.8 Å². The minimum Gasteiger partial charge on any atom is -0.382 e. The molecule has 5 heteroatoms. The predicted molar refractivity (Wildman–Crippen MR) is 60.7 cm³/mol. The summed E-state index contributed by atoms with van der Waals surface area (Å²) in [6.45, 7) is 4.52. The Kier molecular flexibility index (Phi) is 5.47. The van der Waals surface area contributed by atoms with Crippen LogP contribution in [0.15, 0.2) is 12.4 Å². The molecule has 3 N–H and O–H groups in total. The van der Waals surface area contributed by atoms with Crippen LogP contribution in [0.25, 0.3) is 0 Å². The highest BCUT2D eigenvalue weighted by Crippen LogP contribution is 2.02. The first-order valence-electron chi connectivity index (χ1n) is 5.22. The molecular weight excluding hydrogens is 192 g/mol. The molecule has 0 saturated carbocycles. The van der Waals surface area contributed by atoms with Crippen LogP contribution in [0.4, 0.5) is 11.6 Å². The number of nitrogens with two attached hydrogens (primary N) is 1. The zero-order valence-electron chi connectivity index (χ0n) is 9.07. The van der Waals surface area contributed by atoms with Gasteiger partial charge in [0.15, 0.2) is 0 Å². The third-order valence-corrected chi connectivity index (χ3v) is 1.77. The average molecular weight is 210 g/mol. The first-order chi connectivity index (χ1) is 7.33. The average Bonchev–Trinajstić information content (AvgIpc) is 2.23. The fourth-order valence-electron chi connectivity index (χ4n) is 1.10. The van der Waals surface area contributed by atoms with Crippen molar-refractivity contribution >= 4 is 11.6 Å². The van der Waals surface area contributed by atoms with Gasteiger partial charge in [0.05, 0.1) is 12.4 Å². The lowest BCUT2D eigenvalue weighted by molar-refractivity contribution is 0.134. The van der Waals surface area contributed by atoms with Gasteiger partial charge in [0, 0.05) is 19.8 Å². The molecule has 15 heavy (non-hydrogen) atoms. The lowest BCUT2D eigenvalue weighted by Gasteiger charge is -2.05. The standard InChI is InChI=1S/C10H18N4O/c1-2-5-15-6-3-4-13-10-8-12-7-9(11)14-10/h7-8H,2-6H2,1H3,(H3,11,13,14). The maximum absolute atomic E-state index is 5.49. The Balaban J connectivity index is 2.10. The summed E-state index contributed by atoms with van der Waals surface area (Å²) < 4.78 is 5.34. The zero-order chi connectivity index (χ0) is 10.9. The van der Waals surface area contributed by atoms with E-state index < -0.39 is 0 Å². The van der Waals surface area contributed by atoms with Gasteiger partial charge in [0.2, 0.25) is 0 Å². The minimum absolute atomic E-state index is 0.433. The van der Waals surface area contributed by atoms with Crippen molar-refractivity contribution in [3.63, 3.8) is 0 Å². The third-order valence-electron chi connectivity index (χ3n) is 1.77. The van der Waals surface area contributed by atoms with Crippen molar-refractivity contribution in [1.82, 2.24) is 9.97 Å². The smallest absolute Gasteiger partial charge is 0.146 e. The molecule has 0 fully saturated rings.